The molecule has 4 saturated carbocycles. The fourth-order valence-corrected chi connectivity index (χ4v) is 8.46. The average molecular weight is 383 g/mol. The Labute approximate surface area is 173 Å². The Morgan fingerprint density at radius 2 is 1.64 bits per heavy atom. The summed E-state index contributed by atoms with van der Waals surface area (Å²) in [7, 11) is 0. The third kappa shape index (κ3) is 3.26. The Bertz CT molecular complexity index is 672. The molecule has 1 nitrogen and oxygen atoms in total. The van der Waals surface area contributed by atoms with E-state index in [0.717, 1.165) is 48.0 Å². The lowest BCUT2D eigenvalue weighted by Crippen LogP contribution is -2.53. The van der Waals surface area contributed by atoms with E-state index < -0.39 is 0 Å². The van der Waals surface area contributed by atoms with Crippen molar-refractivity contribution < 1.29 is 5.11 Å². The lowest BCUT2D eigenvalue weighted by Gasteiger charge is -2.61. The first-order valence-corrected chi connectivity index (χ1v) is 11.9. The second kappa shape index (κ2) is 7.46. The number of aliphatic hydroxyl groups excluding tert-OH is 1. The molecular formula is C27H42O. The topological polar surface area (TPSA) is 20.2 Å². The fourth-order valence-electron chi connectivity index (χ4n) is 8.46. The summed E-state index contributed by atoms with van der Waals surface area (Å²) < 4.78 is 0. The largest absolute Gasteiger partial charge is 0.393 e. The lowest BCUT2D eigenvalue weighted by atomic mass is 9.44. The van der Waals surface area contributed by atoms with Crippen LogP contribution < -0.4 is 0 Å². The van der Waals surface area contributed by atoms with Gasteiger partial charge in [-0.3, -0.25) is 0 Å². The normalized spacial score (nSPS) is 48.8. The standard InChI is InChI=1S/C27H42O/c1-18(2)7-6-8-19(3)23-11-12-24-22-10-9-20-17-21(28)13-15-26(20,4)25(22)14-16-27(23,24)5/h6-8,20-25,28H,1,9-17H2,2-5H3/t20?,21-,22-,23+,24-,25-,26-,27+/m0/s1. The summed E-state index contributed by atoms with van der Waals surface area (Å²) in [5.41, 5.74) is 3.71. The molecular weight excluding hydrogens is 340 g/mol. The van der Waals surface area contributed by atoms with Gasteiger partial charge in [0.05, 0.1) is 6.10 Å². The van der Waals surface area contributed by atoms with E-state index >= 15 is 0 Å². The van der Waals surface area contributed by atoms with Crippen molar-refractivity contribution in [3.63, 3.8) is 0 Å². The number of rotatable bonds is 3. The van der Waals surface area contributed by atoms with E-state index in [1.807, 2.05) is 0 Å². The van der Waals surface area contributed by atoms with Gasteiger partial charge in [0.1, 0.15) is 0 Å². The Morgan fingerprint density at radius 3 is 2.39 bits per heavy atom. The van der Waals surface area contributed by atoms with E-state index in [-0.39, 0.29) is 6.10 Å². The zero-order chi connectivity index (χ0) is 20.1. The smallest absolute Gasteiger partial charge is 0.0543 e. The summed E-state index contributed by atoms with van der Waals surface area (Å²) in [6, 6.07) is 0. The van der Waals surface area contributed by atoms with E-state index in [2.05, 4.69) is 52.5 Å². The van der Waals surface area contributed by atoms with Gasteiger partial charge in [0.25, 0.3) is 0 Å². The third-order valence-electron chi connectivity index (χ3n) is 9.93. The molecule has 28 heavy (non-hydrogen) atoms. The van der Waals surface area contributed by atoms with Gasteiger partial charge >= 0.3 is 0 Å². The highest BCUT2D eigenvalue weighted by molar-refractivity contribution is 5.24. The average Bonchev–Trinajstić information content (AvgIpc) is 2.99. The third-order valence-corrected chi connectivity index (χ3v) is 9.93. The Morgan fingerprint density at radius 1 is 0.929 bits per heavy atom. The second-order valence-electron chi connectivity index (χ2n) is 11.4. The van der Waals surface area contributed by atoms with Gasteiger partial charge in [0.15, 0.2) is 0 Å². The van der Waals surface area contributed by atoms with Crippen molar-refractivity contribution >= 4 is 0 Å². The number of hydrogen-bond donors (Lipinski definition) is 1. The van der Waals surface area contributed by atoms with Crippen LogP contribution in [0, 0.1) is 40.4 Å². The molecule has 0 spiro atoms. The van der Waals surface area contributed by atoms with Crippen molar-refractivity contribution in [2.75, 3.05) is 0 Å². The van der Waals surface area contributed by atoms with Gasteiger partial charge in [0.2, 0.25) is 0 Å². The molecule has 4 aliphatic rings. The first kappa shape index (κ1) is 20.5. The van der Waals surface area contributed by atoms with Gasteiger partial charge in [-0.05, 0) is 112 Å². The molecule has 0 aromatic heterocycles. The SMILES string of the molecule is C=C(C)C=CC=C(C)[C@H]1CC[C@H]2[C@@H]3CCC4C[C@@H](O)CC[C@]4(C)[C@H]3CC[C@]12C. The highest BCUT2D eigenvalue weighted by Crippen LogP contribution is 2.68. The molecule has 0 amide bonds. The molecule has 0 heterocycles. The van der Waals surface area contributed by atoms with Crippen LogP contribution in [-0.2, 0) is 0 Å². The maximum Gasteiger partial charge on any atom is 0.0543 e. The van der Waals surface area contributed by atoms with E-state index in [0.29, 0.717) is 10.8 Å². The van der Waals surface area contributed by atoms with Crippen molar-refractivity contribution in [3.05, 3.63) is 36.0 Å². The van der Waals surface area contributed by atoms with Crippen molar-refractivity contribution in [1.82, 2.24) is 0 Å². The fraction of sp³-hybridized carbons (Fsp3) is 0.778. The maximum atomic E-state index is 10.2. The maximum absolute atomic E-state index is 10.2. The molecule has 1 unspecified atom stereocenters. The molecule has 0 aliphatic heterocycles. The van der Waals surface area contributed by atoms with Crippen LogP contribution in [0.5, 0.6) is 0 Å². The number of hydrogen-bond acceptors (Lipinski definition) is 1. The summed E-state index contributed by atoms with van der Waals surface area (Å²) in [5, 5.41) is 10.2. The first-order valence-electron chi connectivity index (χ1n) is 11.9. The molecule has 1 heteroatoms. The van der Waals surface area contributed by atoms with Crippen LogP contribution in [0.2, 0.25) is 0 Å². The molecule has 1 N–H and O–H groups in total. The van der Waals surface area contributed by atoms with Crippen molar-refractivity contribution in [2.24, 2.45) is 40.4 Å². The zero-order valence-electron chi connectivity index (χ0n) is 18.7. The Balaban J connectivity index is 1.54. The van der Waals surface area contributed by atoms with E-state index in [4.69, 9.17) is 0 Å². The molecule has 8 atom stereocenters. The van der Waals surface area contributed by atoms with Crippen LogP contribution in [0.3, 0.4) is 0 Å². The van der Waals surface area contributed by atoms with Crippen LogP contribution in [-0.4, -0.2) is 11.2 Å². The summed E-state index contributed by atoms with van der Waals surface area (Å²) in [4.78, 5) is 0. The van der Waals surface area contributed by atoms with Crippen LogP contribution in [0.15, 0.2) is 36.0 Å². The number of fused-ring (bicyclic) bond motifs is 5. The first-order chi connectivity index (χ1) is 13.3. The van der Waals surface area contributed by atoms with E-state index in [9.17, 15) is 5.11 Å². The molecule has 4 fully saturated rings. The minimum atomic E-state index is -0.0283. The predicted octanol–water partition coefficient (Wildman–Crippen LogP) is 7.08. The Hall–Kier alpha value is -0.820. The van der Waals surface area contributed by atoms with Gasteiger partial charge in [-0.25, -0.2) is 0 Å². The highest BCUT2D eigenvalue weighted by atomic mass is 16.3. The molecule has 4 aliphatic carbocycles. The monoisotopic (exact) mass is 382 g/mol. The molecule has 0 radical (unpaired) electrons. The lowest BCUT2D eigenvalue weighted by molar-refractivity contribution is -0.124. The van der Waals surface area contributed by atoms with Crippen LogP contribution in [0.1, 0.15) is 85.5 Å². The van der Waals surface area contributed by atoms with Gasteiger partial charge < -0.3 is 5.11 Å². The van der Waals surface area contributed by atoms with Crippen LogP contribution >= 0.6 is 0 Å². The minimum absolute atomic E-state index is 0.0283. The van der Waals surface area contributed by atoms with E-state index in [1.165, 1.54) is 44.9 Å². The van der Waals surface area contributed by atoms with Crippen LogP contribution in [0.25, 0.3) is 0 Å². The van der Waals surface area contributed by atoms with Gasteiger partial charge in [0, 0.05) is 0 Å². The van der Waals surface area contributed by atoms with E-state index in [1.54, 1.807) is 5.57 Å². The number of aliphatic hydroxyl groups is 1. The van der Waals surface area contributed by atoms with Crippen LogP contribution in [0.4, 0.5) is 0 Å². The van der Waals surface area contributed by atoms with Crippen molar-refractivity contribution in [2.45, 2.75) is 91.6 Å². The van der Waals surface area contributed by atoms with Crippen molar-refractivity contribution in [3.8, 4) is 0 Å². The quantitative estimate of drug-likeness (QED) is 0.517. The second-order valence-corrected chi connectivity index (χ2v) is 11.4. The Kier molecular flexibility index (Phi) is 5.45. The summed E-state index contributed by atoms with van der Waals surface area (Å²) >= 11 is 0. The molecule has 0 bridgehead atoms. The summed E-state index contributed by atoms with van der Waals surface area (Å²) in [6.07, 6.45) is 18.5. The number of allylic oxidation sites excluding steroid dienone is 5. The summed E-state index contributed by atoms with van der Waals surface area (Å²) in [5.74, 6) is 4.27. The molecule has 0 aromatic carbocycles. The molecule has 4 rings (SSSR count). The molecule has 0 aromatic rings. The zero-order valence-corrected chi connectivity index (χ0v) is 18.7. The highest BCUT2D eigenvalue weighted by Gasteiger charge is 2.60. The minimum Gasteiger partial charge on any atom is -0.393 e. The predicted molar refractivity (Wildman–Crippen MR) is 119 cm³/mol. The molecule has 156 valence electrons. The van der Waals surface area contributed by atoms with Gasteiger partial charge in [-0.2, -0.15) is 0 Å². The summed E-state index contributed by atoms with van der Waals surface area (Å²) in [6.45, 7) is 13.6. The molecule has 0 saturated heterocycles. The van der Waals surface area contributed by atoms with Crippen molar-refractivity contribution in [1.29, 1.82) is 0 Å². The van der Waals surface area contributed by atoms with Gasteiger partial charge in [-0.15, -0.1) is 0 Å². The van der Waals surface area contributed by atoms with Gasteiger partial charge in [-0.1, -0.05) is 49.8 Å².